The summed E-state index contributed by atoms with van der Waals surface area (Å²) in [6.07, 6.45) is 1.01. The maximum absolute atomic E-state index is 11.9. The molecule has 0 aliphatic rings. The number of halogens is 3. The van der Waals surface area contributed by atoms with E-state index in [-0.39, 0.29) is 27.4 Å². The topological polar surface area (TPSA) is 75.3 Å². The van der Waals surface area contributed by atoms with E-state index in [2.05, 4.69) is 10.6 Å². The molecule has 0 aliphatic carbocycles. The molecule has 2 N–H and O–H groups in total. The summed E-state index contributed by atoms with van der Waals surface area (Å²) in [6.45, 7) is -0.104. The Morgan fingerprint density at radius 3 is 2.25 bits per heavy atom. The van der Waals surface area contributed by atoms with E-state index in [0.717, 1.165) is 6.26 Å². The van der Waals surface area contributed by atoms with Crippen LogP contribution in [0.15, 0.2) is 41.3 Å². The summed E-state index contributed by atoms with van der Waals surface area (Å²) in [5.41, 5.74) is 0.887. The standard InChI is InChI=1S/C15H13Cl3N2O3S/c1-24(22,23)15-11(17)6-7-12(14(15)18)19-8-13(21)20-10-4-2-9(16)3-5-10/h2-7,19H,8H2,1H3,(H,20,21). The van der Waals surface area contributed by atoms with E-state index in [0.29, 0.717) is 16.4 Å². The van der Waals surface area contributed by atoms with Gasteiger partial charge in [-0.05, 0) is 36.4 Å². The summed E-state index contributed by atoms with van der Waals surface area (Å²) >= 11 is 17.7. The number of sulfone groups is 1. The maximum atomic E-state index is 11.9. The molecule has 0 spiro atoms. The van der Waals surface area contributed by atoms with Crippen LogP contribution in [0.4, 0.5) is 11.4 Å². The lowest BCUT2D eigenvalue weighted by molar-refractivity contribution is -0.114. The zero-order valence-corrected chi connectivity index (χ0v) is 15.5. The molecule has 0 unspecified atom stereocenters. The molecule has 2 rings (SSSR count). The second kappa shape index (κ2) is 7.61. The molecule has 24 heavy (non-hydrogen) atoms. The van der Waals surface area contributed by atoms with Gasteiger partial charge in [-0.1, -0.05) is 34.8 Å². The van der Waals surface area contributed by atoms with Crippen LogP contribution in [0.5, 0.6) is 0 Å². The Labute approximate surface area is 154 Å². The molecule has 0 fully saturated rings. The Kier molecular flexibility index (Phi) is 5.98. The number of rotatable bonds is 5. The van der Waals surface area contributed by atoms with E-state index in [9.17, 15) is 13.2 Å². The van der Waals surface area contributed by atoms with Crippen LogP contribution in [-0.4, -0.2) is 27.1 Å². The molecule has 0 aliphatic heterocycles. The van der Waals surface area contributed by atoms with Gasteiger partial charge in [0.1, 0.15) is 4.90 Å². The summed E-state index contributed by atoms with van der Waals surface area (Å²) in [5, 5.41) is 6.00. The maximum Gasteiger partial charge on any atom is 0.243 e. The Balaban J connectivity index is 2.09. The van der Waals surface area contributed by atoms with Crippen molar-refractivity contribution in [2.45, 2.75) is 4.90 Å². The molecule has 0 saturated carbocycles. The van der Waals surface area contributed by atoms with Gasteiger partial charge in [-0.3, -0.25) is 4.79 Å². The number of nitrogens with one attached hydrogen (secondary N) is 2. The lowest BCUT2D eigenvalue weighted by atomic mass is 10.3. The largest absolute Gasteiger partial charge is 0.375 e. The summed E-state index contributed by atoms with van der Waals surface area (Å²) in [7, 11) is -3.59. The van der Waals surface area contributed by atoms with Crippen LogP contribution in [0.1, 0.15) is 0 Å². The van der Waals surface area contributed by atoms with Gasteiger partial charge in [-0.2, -0.15) is 0 Å². The van der Waals surface area contributed by atoms with Crippen LogP contribution in [0, 0.1) is 0 Å². The highest BCUT2D eigenvalue weighted by Gasteiger charge is 2.19. The predicted octanol–water partition coefficient (Wildman–Crippen LogP) is 4.10. The molecule has 0 atom stereocenters. The fraction of sp³-hybridized carbons (Fsp3) is 0.133. The van der Waals surface area contributed by atoms with Gasteiger partial charge in [0.2, 0.25) is 5.91 Å². The van der Waals surface area contributed by atoms with Gasteiger partial charge in [0.05, 0.1) is 22.3 Å². The number of carbonyl (C=O) groups is 1. The van der Waals surface area contributed by atoms with E-state index < -0.39 is 9.84 Å². The molecular weight excluding hydrogens is 395 g/mol. The molecule has 2 aromatic rings. The first-order valence-electron chi connectivity index (χ1n) is 6.66. The molecule has 128 valence electrons. The van der Waals surface area contributed by atoms with E-state index >= 15 is 0 Å². The quantitative estimate of drug-likeness (QED) is 0.782. The number of amides is 1. The Morgan fingerprint density at radius 2 is 1.67 bits per heavy atom. The molecule has 0 heterocycles. The fourth-order valence-electron chi connectivity index (χ4n) is 1.92. The number of carbonyl (C=O) groups excluding carboxylic acids is 1. The second-order valence-corrected chi connectivity index (χ2v) is 8.09. The summed E-state index contributed by atoms with van der Waals surface area (Å²) in [6, 6.07) is 9.55. The van der Waals surface area contributed by atoms with Gasteiger partial charge < -0.3 is 10.6 Å². The van der Waals surface area contributed by atoms with Crippen LogP contribution in [0.25, 0.3) is 0 Å². The third kappa shape index (κ3) is 4.77. The molecule has 0 saturated heterocycles. The normalized spacial score (nSPS) is 11.2. The lowest BCUT2D eigenvalue weighted by Gasteiger charge is -2.12. The van der Waals surface area contributed by atoms with Gasteiger partial charge in [0, 0.05) is 17.0 Å². The smallest absolute Gasteiger partial charge is 0.243 e. The summed E-state index contributed by atoms with van der Waals surface area (Å²) in [5.74, 6) is -0.329. The first kappa shape index (κ1) is 18.9. The molecule has 5 nitrogen and oxygen atoms in total. The van der Waals surface area contributed by atoms with E-state index in [1.165, 1.54) is 12.1 Å². The minimum Gasteiger partial charge on any atom is -0.375 e. The van der Waals surface area contributed by atoms with Crippen molar-refractivity contribution in [3.8, 4) is 0 Å². The summed E-state index contributed by atoms with van der Waals surface area (Å²) in [4.78, 5) is 11.8. The molecule has 0 aromatic heterocycles. The SMILES string of the molecule is CS(=O)(=O)c1c(Cl)ccc(NCC(=O)Nc2ccc(Cl)cc2)c1Cl. The fourth-order valence-corrected chi connectivity index (χ4v) is 4.18. The van der Waals surface area contributed by atoms with E-state index in [1.54, 1.807) is 24.3 Å². The van der Waals surface area contributed by atoms with Crippen LogP contribution in [0.3, 0.4) is 0 Å². The first-order valence-corrected chi connectivity index (χ1v) is 9.68. The van der Waals surface area contributed by atoms with Crippen molar-refractivity contribution in [3.63, 3.8) is 0 Å². The molecule has 2 aromatic carbocycles. The highest BCUT2D eigenvalue weighted by atomic mass is 35.5. The van der Waals surface area contributed by atoms with Crippen molar-refractivity contribution in [1.82, 2.24) is 0 Å². The number of hydrogen-bond donors (Lipinski definition) is 2. The highest BCUT2D eigenvalue weighted by molar-refractivity contribution is 7.91. The van der Waals surface area contributed by atoms with Crippen molar-refractivity contribution in [2.24, 2.45) is 0 Å². The zero-order valence-electron chi connectivity index (χ0n) is 12.4. The average molecular weight is 408 g/mol. The molecule has 1 amide bonds. The average Bonchev–Trinajstić information content (AvgIpc) is 2.47. The third-order valence-corrected chi connectivity index (χ3v) is 5.34. The van der Waals surface area contributed by atoms with Crippen LogP contribution >= 0.6 is 34.8 Å². The molecule has 0 radical (unpaired) electrons. The Hall–Kier alpha value is -1.47. The van der Waals surface area contributed by atoms with E-state index in [1.807, 2.05) is 0 Å². The van der Waals surface area contributed by atoms with Crippen molar-refractivity contribution in [1.29, 1.82) is 0 Å². The van der Waals surface area contributed by atoms with Gasteiger partial charge in [-0.25, -0.2) is 8.42 Å². The lowest BCUT2D eigenvalue weighted by Crippen LogP contribution is -2.22. The molecule has 9 heteroatoms. The predicted molar refractivity (Wildman–Crippen MR) is 98.1 cm³/mol. The summed E-state index contributed by atoms with van der Waals surface area (Å²) < 4.78 is 23.5. The highest BCUT2D eigenvalue weighted by Crippen LogP contribution is 2.35. The van der Waals surface area contributed by atoms with Gasteiger partial charge >= 0.3 is 0 Å². The van der Waals surface area contributed by atoms with Crippen molar-refractivity contribution >= 4 is 61.9 Å². The van der Waals surface area contributed by atoms with E-state index in [4.69, 9.17) is 34.8 Å². The zero-order chi connectivity index (χ0) is 17.9. The van der Waals surface area contributed by atoms with Gasteiger partial charge in [-0.15, -0.1) is 0 Å². The monoisotopic (exact) mass is 406 g/mol. The molecule has 0 bridgehead atoms. The Bertz CT molecular complexity index is 868. The number of benzene rings is 2. The minimum atomic E-state index is -3.59. The molecular formula is C15H13Cl3N2O3S. The van der Waals surface area contributed by atoms with Crippen molar-refractivity contribution in [3.05, 3.63) is 51.5 Å². The van der Waals surface area contributed by atoms with Gasteiger partial charge in [0.15, 0.2) is 9.84 Å². The van der Waals surface area contributed by atoms with Crippen LogP contribution in [0.2, 0.25) is 15.1 Å². The third-order valence-electron chi connectivity index (χ3n) is 2.99. The number of anilines is 2. The minimum absolute atomic E-state index is 0.0265. The van der Waals surface area contributed by atoms with Crippen molar-refractivity contribution < 1.29 is 13.2 Å². The first-order chi connectivity index (χ1) is 11.2. The van der Waals surface area contributed by atoms with Crippen molar-refractivity contribution in [2.75, 3.05) is 23.4 Å². The number of hydrogen-bond acceptors (Lipinski definition) is 4. The van der Waals surface area contributed by atoms with Gasteiger partial charge in [0.25, 0.3) is 0 Å². The Morgan fingerprint density at radius 1 is 1.04 bits per heavy atom. The van der Waals surface area contributed by atoms with Crippen LogP contribution < -0.4 is 10.6 Å². The second-order valence-electron chi connectivity index (χ2n) is 4.92. The van der Waals surface area contributed by atoms with Crippen LogP contribution in [-0.2, 0) is 14.6 Å².